The lowest BCUT2D eigenvalue weighted by molar-refractivity contribution is 0.468. The predicted molar refractivity (Wildman–Crippen MR) is 65.3 cm³/mol. The third-order valence-electron chi connectivity index (χ3n) is 2.52. The van der Waals surface area contributed by atoms with Gasteiger partial charge in [0.25, 0.3) is 0 Å². The molecule has 0 aliphatic carbocycles. The van der Waals surface area contributed by atoms with Crippen molar-refractivity contribution < 1.29 is 5.11 Å². The third-order valence-corrected chi connectivity index (χ3v) is 2.52. The summed E-state index contributed by atoms with van der Waals surface area (Å²) in [6, 6.07) is 5.88. The predicted octanol–water partition coefficient (Wildman–Crippen LogP) is 3.81. The Hall–Kier alpha value is -1.24. The molecule has 1 N–H and O–H groups in total. The van der Waals surface area contributed by atoms with Gasteiger partial charge in [-0.2, -0.15) is 0 Å². The normalized spacial score (nSPS) is 12.3. The van der Waals surface area contributed by atoms with Crippen LogP contribution in [0.2, 0.25) is 0 Å². The molecule has 1 rings (SSSR count). The second kappa shape index (κ2) is 4.52. The van der Waals surface area contributed by atoms with E-state index in [2.05, 4.69) is 32.9 Å². The van der Waals surface area contributed by atoms with Gasteiger partial charge in [0.05, 0.1) is 0 Å². The summed E-state index contributed by atoms with van der Waals surface area (Å²) < 4.78 is 0. The zero-order valence-electron chi connectivity index (χ0n) is 10.0. The standard InChI is InChI=1S/C14H20O/c1-5-6-7-11-10-12(14(2,3)4)8-9-13(11)15/h5-6,8-10,15H,7H2,1-4H3/b6-5+. The molecule has 0 fully saturated rings. The lowest BCUT2D eigenvalue weighted by atomic mass is 9.85. The van der Waals surface area contributed by atoms with Crippen LogP contribution in [-0.2, 0) is 11.8 Å². The average Bonchev–Trinajstić information content (AvgIpc) is 2.15. The summed E-state index contributed by atoms with van der Waals surface area (Å²) in [7, 11) is 0. The molecule has 0 amide bonds. The van der Waals surface area contributed by atoms with Crippen LogP contribution in [0.5, 0.6) is 5.75 Å². The number of phenolic OH excluding ortho intramolecular Hbond substituents is 1. The first-order chi connectivity index (χ1) is 6.95. The highest BCUT2D eigenvalue weighted by molar-refractivity contribution is 5.39. The number of hydrogen-bond acceptors (Lipinski definition) is 1. The number of benzene rings is 1. The highest BCUT2D eigenvalue weighted by Crippen LogP contribution is 2.27. The minimum absolute atomic E-state index is 0.137. The zero-order valence-corrected chi connectivity index (χ0v) is 10.0. The number of phenols is 1. The largest absolute Gasteiger partial charge is 0.508 e. The van der Waals surface area contributed by atoms with Gasteiger partial charge in [0.1, 0.15) is 5.75 Å². The number of hydrogen-bond donors (Lipinski definition) is 1. The van der Waals surface area contributed by atoms with Gasteiger partial charge in [0, 0.05) is 0 Å². The summed E-state index contributed by atoms with van der Waals surface area (Å²) in [5.41, 5.74) is 2.40. The van der Waals surface area contributed by atoms with Crippen molar-refractivity contribution in [2.75, 3.05) is 0 Å². The highest BCUT2D eigenvalue weighted by atomic mass is 16.3. The van der Waals surface area contributed by atoms with Gasteiger partial charge in [0.2, 0.25) is 0 Å². The van der Waals surface area contributed by atoms with Crippen molar-refractivity contribution in [3.05, 3.63) is 41.5 Å². The van der Waals surface area contributed by atoms with Crippen LogP contribution in [0.15, 0.2) is 30.4 Å². The smallest absolute Gasteiger partial charge is 0.119 e. The molecule has 0 bridgehead atoms. The van der Waals surface area contributed by atoms with E-state index in [-0.39, 0.29) is 5.41 Å². The Morgan fingerprint density at radius 1 is 1.27 bits per heavy atom. The van der Waals surface area contributed by atoms with Crippen LogP contribution < -0.4 is 0 Å². The van der Waals surface area contributed by atoms with E-state index in [1.165, 1.54) is 5.56 Å². The second-order valence-electron chi connectivity index (χ2n) is 4.87. The molecule has 15 heavy (non-hydrogen) atoms. The fourth-order valence-corrected chi connectivity index (χ4v) is 1.46. The molecule has 1 aromatic rings. The molecule has 0 atom stereocenters. The summed E-state index contributed by atoms with van der Waals surface area (Å²) in [5.74, 6) is 0.390. The molecule has 0 heterocycles. The Morgan fingerprint density at radius 3 is 2.47 bits per heavy atom. The van der Waals surface area contributed by atoms with Crippen LogP contribution in [0.3, 0.4) is 0 Å². The van der Waals surface area contributed by atoms with Crippen molar-refractivity contribution in [1.82, 2.24) is 0 Å². The summed E-state index contributed by atoms with van der Waals surface area (Å²) in [6.07, 6.45) is 4.86. The maximum absolute atomic E-state index is 9.69. The van der Waals surface area contributed by atoms with Crippen molar-refractivity contribution in [2.24, 2.45) is 0 Å². The Labute approximate surface area is 92.5 Å². The molecule has 0 unspecified atom stereocenters. The molecular weight excluding hydrogens is 184 g/mol. The van der Waals surface area contributed by atoms with Crippen LogP contribution in [0.25, 0.3) is 0 Å². The van der Waals surface area contributed by atoms with E-state index >= 15 is 0 Å². The van der Waals surface area contributed by atoms with Crippen molar-refractivity contribution in [1.29, 1.82) is 0 Å². The van der Waals surface area contributed by atoms with E-state index in [0.717, 1.165) is 12.0 Å². The molecule has 0 saturated heterocycles. The maximum Gasteiger partial charge on any atom is 0.119 e. The summed E-state index contributed by atoms with van der Waals surface area (Å²) in [4.78, 5) is 0. The van der Waals surface area contributed by atoms with Crippen molar-refractivity contribution >= 4 is 0 Å². The van der Waals surface area contributed by atoms with Gasteiger partial charge in [-0.25, -0.2) is 0 Å². The van der Waals surface area contributed by atoms with Crippen LogP contribution in [-0.4, -0.2) is 5.11 Å². The van der Waals surface area contributed by atoms with E-state index in [4.69, 9.17) is 0 Å². The summed E-state index contributed by atoms with van der Waals surface area (Å²) in [5, 5.41) is 9.69. The quantitative estimate of drug-likeness (QED) is 0.726. The van der Waals surface area contributed by atoms with Gasteiger partial charge >= 0.3 is 0 Å². The first-order valence-electron chi connectivity index (χ1n) is 5.38. The lowest BCUT2D eigenvalue weighted by Crippen LogP contribution is -2.11. The van der Waals surface area contributed by atoms with Crippen molar-refractivity contribution in [3.63, 3.8) is 0 Å². The zero-order chi connectivity index (χ0) is 11.5. The molecular formula is C14H20O. The Bertz CT molecular complexity index is 356. The van der Waals surface area contributed by atoms with Crippen molar-refractivity contribution in [2.45, 2.75) is 39.5 Å². The van der Waals surface area contributed by atoms with E-state index in [9.17, 15) is 5.11 Å². The van der Waals surface area contributed by atoms with Crippen LogP contribution >= 0.6 is 0 Å². The molecule has 0 radical (unpaired) electrons. The number of rotatable bonds is 2. The molecule has 0 aromatic heterocycles. The fourth-order valence-electron chi connectivity index (χ4n) is 1.46. The maximum atomic E-state index is 9.69. The minimum Gasteiger partial charge on any atom is -0.508 e. The Morgan fingerprint density at radius 2 is 1.93 bits per heavy atom. The van der Waals surface area contributed by atoms with Gasteiger partial charge in [-0.1, -0.05) is 45.1 Å². The van der Waals surface area contributed by atoms with Gasteiger partial charge < -0.3 is 5.11 Å². The van der Waals surface area contributed by atoms with Crippen LogP contribution in [0, 0.1) is 0 Å². The molecule has 1 nitrogen and oxygen atoms in total. The molecule has 82 valence electrons. The minimum atomic E-state index is 0.137. The van der Waals surface area contributed by atoms with E-state index in [1.54, 1.807) is 6.07 Å². The molecule has 0 saturated carbocycles. The molecule has 1 aromatic carbocycles. The monoisotopic (exact) mass is 204 g/mol. The molecule has 1 heteroatoms. The van der Waals surface area contributed by atoms with E-state index in [0.29, 0.717) is 5.75 Å². The second-order valence-corrected chi connectivity index (χ2v) is 4.87. The SMILES string of the molecule is C/C=C/Cc1cc(C(C)(C)C)ccc1O. The lowest BCUT2D eigenvalue weighted by Gasteiger charge is -2.20. The average molecular weight is 204 g/mol. The summed E-state index contributed by atoms with van der Waals surface area (Å²) >= 11 is 0. The Kier molecular flexibility index (Phi) is 3.57. The highest BCUT2D eigenvalue weighted by Gasteiger charge is 2.14. The third kappa shape index (κ3) is 3.12. The number of allylic oxidation sites excluding steroid dienone is 2. The summed E-state index contributed by atoms with van der Waals surface area (Å²) in [6.45, 7) is 8.53. The molecule has 0 aliphatic rings. The van der Waals surface area contributed by atoms with E-state index < -0.39 is 0 Å². The first-order valence-corrected chi connectivity index (χ1v) is 5.38. The van der Waals surface area contributed by atoms with Crippen LogP contribution in [0.4, 0.5) is 0 Å². The van der Waals surface area contributed by atoms with Gasteiger partial charge in [-0.05, 0) is 36.0 Å². The van der Waals surface area contributed by atoms with E-state index in [1.807, 2.05) is 19.1 Å². The fraction of sp³-hybridized carbons (Fsp3) is 0.429. The molecule has 0 spiro atoms. The number of aromatic hydroxyl groups is 1. The van der Waals surface area contributed by atoms with Gasteiger partial charge in [-0.3, -0.25) is 0 Å². The van der Waals surface area contributed by atoms with Crippen LogP contribution in [0.1, 0.15) is 38.8 Å². The van der Waals surface area contributed by atoms with Crippen molar-refractivity contribution in [3.8, 4) is 5.75 Å². The topological polar surface area (TPSA) is 20.2 Å². The van der Waals surface area contributed by atoms with Gasteiger partial charge in [-0.15, -0.1) is 0 Å². The first kappa shape index (κ1) is 11.8. The Balaban J connectivity index is 3.05. The molecule has 0 aliphatic heterocycles. The van der Waals surface area contributed by atoms with Gasteiger partial charge in [0.15, 0.2) is 0 Å².